The molecule has 0 bridgehead atoms. The molecule has 2 aliphatic rings. The first kappa shape index (κ1) is 24.6. The normalized spacial score (nSPS) is 19.5. The van der Waals surface area contributed by atoms with Gasteiger partial charge in [0.25, 0.3) is 5.91 Å². The number of Topliss-reactive ketones (excluding diaryl/α,β-unsaturated/α-hetero) is 1. The largest absolute Gasteiger partial charge is 0.503 e. The molecule has 2 aromatic rings. The number of morpholine rings is 1. The Morgan fingerprint density at radius 1 is 1.18 bits per heavy atom. The second-order valence-corrected chi connectivity index (χ2v) is 10.5. The van der Waals surface area contributed by atoms with Crippen LogP contribution in [0.3, 0.4) is 0 Å². The molecule has 182 valence electrons. The van der Waals surface area contributed by atoms with Crippen LogP contribution in [0.1, 0.15) is 63.7 Å². The van der Waals surface area contributed by atoms with Gasteiger partial charge in [0.2, 0.25) is 5.78 Å². The maximum atomic E-state index is 13.6. The van der Waals surface area contributed by atoms with Crippen molar-refractivity contribution in [3.8, 4) is 0 Å². The molecule has 3 heterocycles. The van der Waals surface area contributed by atoms with E-state index in [0.717, 1.165) is 49.8 Å². The topological polar surface area (TPSA) is 83.0 Å². The fourth-order valence-electron chi connectivity index (χ4n) is 4.68. The SMILES string of the molecule is Cc1nc(C)c(C(=O)C2=C(O)C(=O)N(CCCN3CCOCC3)[C@@H]2c2ccc(C(C)C)cc2)s1. The number of nitrogens with zero attached hydrogens (tertiary/aromatic N) is 3. The summed E-state index contributed by atoms with van der Waals surface area (Å²) >= 11 is 1.30. The number of aromatic nitrogens is 1. The molecular formula is C26H33N3O4S. The van der Waals surface area contributed by atoms with Crippen molar-refractivity contribution in [2.24, 2.45) is 0 Å². The molecule has 1 fully saturated rings. The number of amides is 1. The van der Waals surface area contributed by atoms with Crippen molar-refractivity contribution >= 4 is 23.0 Å². The highest BCUT2D eigenvalue weighted by Crippen LogP contribution is 2.40. The van der Waals surface area contributed by atoms with E-state index in [0.29, 0.717) is 23.0 Å². The van der Waals surface area contributed by atoms with Crippen LogP contribution < -0.4 is 0 Å². The summed E-state index contributed by atoms with van der Waals surface area (Å²) in [5.74, 6) is -0.874. The molecule has 1 aromatic carbocycles. The van der Waals surface area contributed by atoms with Crippen LogP contribution in [0.2, 0.25) is 0 Å². The van der Waals surface area contributed by atoms with Crippen LogP contribution in [0.4, 0.5) is 0 Å². The molecule has 2 aliphatic heterocycles. The van der Waals surface area contributed by atoms with Crippen molar-refractivity contribution < 1.29 is 19.4 Å². The van der Waals surface area contributed by atoms with E-state index in [1.807, 2.05) is 31.2 Å². The number of hydrogen-bond donors (Lipinski definition) is 1. The fraction of sp³-hybridized carbons (Fsp3) is 0.500. The number of aliphatic hydroxyl groups is 1. The molecule has 1 aromatic heterocycles. The minimum atomic E-state index is -0.618. The standard InChI is InChI=1S/C26H33N3O4S/c1-16(2)19-6-8-20(9-7-19)22-21(23(30)25-17(3)27-18(4)34-25)24(31)26(32)29(22)11-5-10-28-12-14-33-15-13-28/h6-9,16,22,31H,5,10-15H2,1-4H3/t22-/m1/s1. The molecule has 0 radical (unpaired) electrons. The number of carbonyl (C=O) groups excluding carboxylic acids is 2. The number of hydrogen-bond acceptors (Lipinski definition) is 7. The monoisotopic (exact) mass is 483 g/mol. The van der Waals surface area contributed by atoms with Crippen LogP contribution in [-0.2, 0) is 9.53 Å². The van der Waals surface area contributed by atoms with Gasteiger partial charge in [-0.25, -0.2) is 4.98 Å². The van der Waals surface area contributed by atoms with E-state index < -0.39 is 17.7 Å². The van der Waals surface area contributed by atoms with Crippen molar-refractivity contribution in [3.63, 3.8) is 0 Å². The maximum Gasteiger partial charge on any atom is 0.290 e. The smallest absolute Gasteiger partial charge is 0.290 e. The van der Waals surface area contributed by atoms with Gasteiger partial charge in [-0.15, -0.1) is 11.3 Å². The number of aryl methyl sites for hydroxylation is 2. The lowest BCUT2D eigenvalue weighted by atomic mass is 9.93. The summed E-state index contributed by atoms with van der Waals surface area (Å²) in [6.45, 7) is 12.4. The first-order valence-electron chi connectivity index (χ1n) is 11.9. The van der Waals surface area contributed by atoms with Crippen LogP contribution >= 0.6 is 11.3 Å². The molecule has 1 N–H and O–H groups in total. The molecule has 0 aliphatic carbocycles. The van der Waals surface area contributed by atoms with Gasteiger partial charge in [-0.3, -0.25) is 14.5 Å². The quantitative estimate of drug-likeness (QED) is 0.567. The third-order valence-corrected chi connectivity index (χ3v) is 7.63. The Balaban J connectivity index is 1.64. The van der Waals surface area contributed by atoms with E-state index in [1.54, 1.807) is 11.8 Å². The Hall–Kier alpha value is -2.55. The van der Waals surface area contributed by atoms with Gasteiger partial charge in [-0.2, -0.15) is 0 Å². The van der Waals surface area contributed by atoms with Crippen LogP contribution in [0.25, 0.3) is 0 Å². The maximum absolute atomic E-state index is 13.6. The minimum Gasteiger partial charge on any atom is -0.503 e. The Labute approximate surface area is 205 Å². The second kappa shape index (κ2) is 10.4. The summed E-state index contributed by atoms with van der Waals surface area (Å²) in [5.41, 5.74) is 2.79. The summed E-state index contributed by atoms with van der Waals surface area (Å²) in [6.07, 6.45) is 0.750. The first-order valence-corrected chi connectivity index (χ1v) is 12.7. The summed E-state index contributed by atoms with van der Waals surface area (Å²) in [5, 5.41) is 11.7. The zero-order valence-electron chi connectivity index (χ0n) is 20.3. The summed E-state index contributed by atoms with van der Waals surface area (Å²) < 4.78 is 5.42. The highest BCUT2D eigenvalue weighted by atomic mass is 32.1. The highest BCUT2D eigenvalue weighted by Gasteiger charge is 2.44. The minimum absolute atomic E-state index is 0.153. The van der Waals surface area contributed by atoms with Crippen LogP contribution in [0.5, 0.6) is 0 Å². The average molecular weight is 484 g/mol. The van der Waals surface area contributed by atoms with E-state index in [-0.39, 0.29) is 11.4 Å². The molecule has 8 heteroatoms. The number of rotatable bonds is 8. The lowest BCUT2D eigenvalue weighted by Crippen LogP contribution is -2.39. The van der Waals surface area contributed by atoms with E-state index in [9.17, 15) is 14.7 Å². The van der Waals surface area contributed by atoms with Gasteiger partial charge in [-0.1, -0.05) is 38.1 Å². The van der Waals surface area contributed by atoms with Crippen LogP contribution in [0, 0.1) is 13.8 Å². The summed E-state index contributed by atoms with van der Waals surface area (Å²) in [6, 6.07) is 7.40. The van der Waals surface area contributed by atoms with E-state index in [4.69, 9.17) is 4.74 Å². The van der Waals surface area contributed by atoms with Crippen molar-refractivity contribution in [2.75, 3.05) is 39.4 Å². The Morgan fingerprint density at radius 3 is 2.44 bits per heavy atom. The average Bonchev–Trinajstić information content (AvgIpc) is 3.29. The van der Waals surface area contributed by atoms with E-state index in [1.165, 1.54) is 16.9 Å². The third kappa shape index (κ3) is 4.94. The molecule has 0 saturated carbocycles. The lowest BCUT2D eigenvalue weighted by Gasteiger charge is -2.30. The van der Waals surface area contributed by atoms with Crippen LogP contribution in [-0.4, -0.2) is 71.0 Å². The fourth-order valence-corrected chi connectivity index (χ4v) is 5.55. The van der Waals surface area contributed by atoms with Gasteiger partial charge < -0.3 is 14.7 Å². The second-order valence-electron chi connectivity index (χ2n) is 9.27. The molecule has 34 heavy (non-hydrogen) atoms. The molecule has 0 spiro atoms. The number of aliphatic hydroxyl groups excluding tert-OH is 1. The van der Waals surface area contributed by atoms with Gasteiger partial charge in [0, 0.05) is 26.2 Å². The lowest BCUT2D eigenvalue weighted by molar-refractivity contribution is -0.129. The molecule has 4 rings (SSSR count). The number of thiazole rings is 1. The summed E-state index contributed by atoms with van der Waals surface area (Å²) in [4.78, 5) is 35.6. The number of ether oxygens (including phenoxy) is 1. The number of benzene rings is 1. The predicted octanol–water partition coefficient (Wildman–Crippen LogP) is 4.18. The zero-order chi connectivity index (χ0) is 24.4. The third-order valence-electron chi connectivity index (χ3n) is 6.55. The summed E-state index contributed by atoms with van der Waals surface area (Å²) in [7, 11) is 0. The molecular weight excluding hydrogens is 450 g/mol. The van der Waals surface area contributed by atoms with Gasteiger partial charge in [-0.05, 0) is 37.3 Å². The molecule has 7 nitrogen and oxygen atoms in total. The van der Waals surface area contributed by atoms with E-state index in [2.05, 4.69) is 23.7 Å². The first-order chi connectivity index (χ1) is 16.3. The Morgan fingerprint density at radius 2 is 1.85 bits per heavy atom. The number of ketones is 1. The van der Waals surface area contributed by atoms with Crippen molar-refractivity contribution in [1.29, 1.82) is 0 Å². The van der Waals surface area contributed by atoms with Gasteiger partial charge in [0.15, 0.2) is 5.76 Å². The van der Waals surface area contributed by atoms with Crippen molar-refractivity contribution in [1.82, 2.24) is 14.8 Å². The zero-order valence-corrected chi connectivity index (χ0v) is 21.2. The van der Waals surface area contributed by atoms with Gasteiger partial charge in [0.05, 0.1) is 40.4 Å². The van der Waals surface area contributed by atoms with Gasteiger partial charge in [0.1, 0.15) is 0 Å². The van der Waals surface area contributed by atoms with E-state index >= 15 is 0 Å². The Kier molecular flexibility index (Phi) is 7.50. The Bertz CT molecular complexity index is 1080. The predicted molar refractivity (Wildman–Crippen MR) is 132 cm³/mol. The molecule has 1 saturated heterocycles. The molecule has 1 amide bonds. The highest BCUT2D eigenvalue weighted by molar-refractivity contribution is 7.14. The van der Waals surface area contributed by atoms with Gasteiger partial charge >= 0.3 is 0 Å². The number of carbonyl (C=O) groups is 2. The molecule has 1 atom stereocenters. The van der Waals surface area contributed by atoms with Crippen molar-refractivity contribution in [3.05, 3.63) is 62.3 Å². The van der Waals surface area contributed by atoms with Crippen molar-refractivity contribution in [2.45, 2.75) is 46.1 Å². The molecule has 0 unspecified atom stereocenters. The van der Waals surface area contributed by atoms with Crippen LogP contribution in [0.15, 0.2) is 35.6 Å².